The van der Waals surface area contributed by atoms with Gasteiger partial charge in [-0.15, -0.1) is 0 Å². The Kier molecular flexibility index (Phi) is 6.04. The number of nitrogens with zero attached hydrogens (tertiary/aromatic N) is 3. The van der Waals surface area contributed by atoms with Gasteiger partial charge in [-0.05, 0) is 18.1 Å². The quantitative estimate of drug-likeness (QED) is 0.702. The molecule has 24 heavy (non-hydrogen) atoms. The van der Waals surface area contributed by atoms with Crippen molar-refractivity contribution in [2.24, 2.45) is 0 Å². The van der Waals surface area contributed by atoms with Crippen molar-refractivity contribution in [1.29, 1.82) is 0 Å². The molecule has 0 spiro atoms. The molecule has 130 valence electrons. The van der Waals surface area contributed by atoms with E-state index in [4.69, 9.17) is 0 Å². The SMILES string of the molecule is CCCCC(NS(=O)(=O)c1ccccc1Cn1cncn1)C(=O)O. The molecule has 1 aromatic heterocycles. The molecule has 0 aliphatic heterocycles. The van der Waals surface area contributed by atoms with Gasteiger partial charge in [-0.25, -0.2) is 18.1 Å². The first-order valence-corrected chi connectivity index (χ1v) is 9.08. The summed E-state index contributed by atoms with van der Waals surface area (Å²) in [4.78, 5) is 15.2. The minimum Gasteiger partial charge on any atom is -0.480 e. The van der Waals surface area contributed by atoms with Gasteiger partial charge in [0.1, 0.15) is 18.7 Å². The zero-order valence-corrected chi connectivity index (χ0v) is 14.1. The number of carbonyl (C=O) groups is 1. The van der Waals surface area contributed by atoms with Gasteiger partial charge in [-0.2, -0.15) is 9.82 Å². The summed E-state index contributed by atoms with van der Waals surface area (Å²) in [5.41, 5.74) is 0.509. The van der Waals surface area contributed by atoms with Crippen LogP contribution in [0.15, 0.2) is 41.8 Å². The van der Waals surface area contributed by atoms with E-state index < -0.39 is 22.0 Å². The largest absolute Gasteiger partial charge is 0.480 e. The van der Waals surface area contributed by atoms with Gasteiger partial charge in [-0.1, -0.05) is 38.0 Å². The van der Waals surface area contributed by atoms with Crippen LogP contribution >= 0.6 is 0 Å². The summed E-state index contributed by atoms with van der Waals surface area (Å²) in [6.45, 7) is 2.14. The average molecular weight is 352 g/mol. The van der Waals surface area contributed by atoms with E-state index in [1.807, 2.05) is 6.92 Å². The number of carboxylic acids is 1. The highest BCUT2D eigenvalue weighted by Crippen LogP contribution is 2.17. The molecule has 0 bridgehead atoms. The molecule has 0 aliphatic rings. The summed E-state index contributed by atoms with van der Waals surface area (Å²) in [6.07, 6.45) is 4.50. The highest BCUT2D eigenvalue weighted by Gasteiger charge is 2.26. The Labute approximate surface area is 140 Å². The molecule has 9 heteroatoms. The maximum Gasteiger partial charge on any atom is 0.321 e. The Balaban J connectivity index is 2.26. The normalized spacial score (nSPS) is 12.9. The second-order valence-electron chi connectivity index (χ2n) is 5.36. The third kappa shape index (κ3) is 4.62. The lowest BCUT2D eigenvalue weighted by atomic mass is 10.1. The number of unbranched alkanes of at least 4 members (excludes halogenated alkanes) is 1. The molecule has 2 N–H and O–H groups in total. The number of rotatable bonds is 9. The number of hydrogen-bond acceptors (Lipinski definition) is 5. The predicted molar refractivity (Wildman–Crippen MR) is 86.8 cm³/mol. The van der Waals surface area contributed by atoms with Crippen molar-refractivity contribution in [3.05, 3.63) is 42.5 Å². The Morgan fingerprint density at radius 2 is 2.12 bits per heavy atom. The maximum atomic E-state index is 12.6. The van der Waals surface area contributed by atoms with E-state index >= 15 is 0 Å². The molecule has 0 aliphatic carbocycles. The van der Waals surface area contributed by atoms with Crippen LogP contribution in [0.5, 0.6) is 0 Å². The van der Waals surface area contributed by atoms with Gasteiger partial charge in [-0.3, -0.25) is 4.79 Å². The van der Waals surface area contributed by atoms with Crippen LogP contribution in [0.2, 0.25) is 0 Å². The second kappa shape index (κ2) is 8.02. The summed E-state index contributed by atoms with van der Waals surface area (Å²) in [5, 5.41) is 13.2. The summed E-state index contributed by atoms with van der Waals surface area (Å²) >= 11 is 0. The minimum absolute atomic E-state index is 0.0447. The van der Waals surface area contributed by atoms with Crippen molar-refractivity contribution in [2.45, 2.75) is 43.7 Å². The molecule has 2 aromatic rings. The van der Waals surface area contributed by atoms with Crippen molar-refractivity contribution >= 4 is 16.0 Å². The lowest BCUT2D eigenvalue weighted by molar-refractivity contribution is -0.139. The Hall–Kier alpha value is -2.26. The van der Waals surface area contributed by atoms with Crippen LogP contribution in [0.1, 0.15) is 31.7 Å². The number of aliphatic carboxylic acids is 1. The van der Waals surface area contributed by atoms with E-state index in [0.717, 1.165) is 6.42 Å². The lowest BCUT2D eigenvalue weighted by Crippen LogP contribution is -2.41. The zero-order valence-electron chi connectivity index (χ0n) is 13.3. The molecule has 1 aromatic carbocycles. The lowest BCUT2D eigenvalue weighted by Gasteiger charge is -2.16. The fourth-order valence-corrected chi connectivity index (χ4v) is 3.73. The topological polar surface area (TPSA) is 114 Å². The summed E-state index contributed by atoms with van der Waals surface area (Å²) in [7, 11) is -3.96. The van der Waals surface area contributed by atoms with Crippen LogP contribution in [-0.4, -0.2) is 40.3 Å². The van der Waals surface area contributed by atoms with Gasteiger partial charge in [0.2, 0.25) is 10.0 Å². The first-order chi connectivity index (χ1) is 11.4. The van der Waals surface area contributed by atoms with Crippen molar-refractivity contribution in [3.8, 4) is 0 Å². The molecule has 1 heterocycles. The van der Waals surface area contributed by atoms with E-state index in [2.05, 4.69) is 14.8 Å². The molecule has 1 unspecified atom stereocenters. The third-order valence-corrected chi connectivity index (χ3v) is 5.08. The molecule has 8 nitrogen and oxygen atoms in total. The number of nitrogens with one attached hydrogen (secondary N) is 1. The van der Waals surface area contributed by atoms with E-state index in [9.17, 15) is 18.3 Å². The van der Waals surface area contributed by atoms with E-state index in [1.165, 1.54) is 23.4 Å². The third-order valence-electron chi connectivity index (χ3n) is 3.50. The maximum absolute atomic E-state index is 12.6. The van der Waals surface area contributed by atoms with Crippen LogP contribution in [0.3, 0.4) is 0 Å². The molecular formula is C15H20N4O4S. The van der Waals surface area contributed by atoms with Gasteiger partial charge in [0, 0.05) is 0 Å². The van der Waals surface area contributed by atoms with Crippen molar-refractivity contribution < 1.29 is 18.3 Å². The molecule has 2 rings (SSSR count). The summed E-state index contributed by atoms with van der Waals surface area (Å²) < 4.78 is 29.1. The standard InChI is InChI=1S/C15H20N4O4S/c1-2-3-7-13(15(20)21)18-24(22,23)14-8-5-4-6-12(14)9-19-11-16-10-17-19/h4-6,8,10-11,13,18H,2-3,7,9H2,1H3,(H,20,21). The molecule has 0 saturated heterocycles. The smallest absolute Gasteiger partial charge is 0.321 e. The molecule has 0 radical (unpaired) electrons. The van der Waals surface area contributed by atoms with Gasteiger partial charge < -0.3 is 5.11 Å². The van der Waals surface area contributed by atoms with Crippen LogP contribution in [0.25, 0.3) is 0 Å². The molecule has 0 fully saturated rings. The Morgan fingerprint density at radius 3 is 2.75 bits per heavy atom. The molecule has 0 saturated carbocycles. The number of aromatic nitrogens is 3. The van der Waals surface area contributed by atoms with Crippen LogP contribution in [-0.2, 0) is 21.4 Å². The first-order valence-electron chi connectivity index (χ1n) is 7.59. The van der Waals surface area contributed by atoms with Crippen molar-refractivity contribution in [2.75, 3.05) is 0 Å². The molecule has 1 atom stereocenters. The van der Waals surface area contributed by atoms with Gasteiger partial charge in [0.25, 0.3) is 0 Å². The Bertz CT molecular complexity index is 775. The van der Waals surface area contributed by atoms with Crippen LogP contribution in [0.4, 0.5) is 0 Å². The minimum atomic E-state index is -3.96. The Morgan fingerprint density at radius 1 is 1.38 bits per heavy atom. The highest BCUT2D eigenvalue weighted by atomic mass is 32.2. The zero-order chi connectivity index (χ0) is 17.6. The molecular weight excluding hydrogens is 332 g/mol. The van der Waals surface area contributed by atoms with Crippen molar-refractivity contribution in [1.82, 2.24) is 19.5 Å². The second-order valence-corrected chi connectivity index (χ2v) is 7.04. The van der Waals surface area contributed by atoms with Crippen molar-refractivity contribution in [3.63, 3.8) is 0 Å². The van der Waals surface area contributed by atoms with E-state index in [0.29, 0.717) is 12.0 Å². The number of sulfonamides is 1. The predicted octanol–water partition coefficient (Wildman–Crippen LogP) is 1.25. The fraction of sp³-hybridized carbons (Fsp3) is 0.400. The molecule has 0 amide bonds. The number of carboxylic acid groups (broad SMARTS) is 1. The first kappa shape index (κ1) is 18.1. The monoisotopic (exact) mass is 352 g/mol. The average Bonchev–Trinajstić information content (AvgIpc) is 3.04. The van der Waals surface area contributed by atoms with Crippen LogP contribution < -0.4 is 4.72 Å². The summed E-state index contributed by atoms with van der Waals surface area (Å²) in [6, 6.07) is 5.29. The van der Waals surface area contributed by atoms with Crippen LogP contribution in [0, 0.1) is 0 Å². The number of hydrogen-bond donors (Lipinski definition) is 2. The van der Waals surface area contributed by atoms with Gasteiger partial charge in [0.05, 0.1) is 11.4 Å². The van der Waals surface area contributed by atoms with E-state index in [-0.39, 0.29) is 17.9 Å². The van der Waals surface area contributed by atoms with Gasteiger partial charge in [0.15, 0.2) is 0 Å². The van der Waals surface area contributed by atoms with Gasteiger partial charge >= 0.3 is 5.97 Å². The fourth-order valence-electron chi connectivity index (χ4n) is 2.28. The van der Waals surface area contributed by atoms with E-state index in [1.54, 1.807) is 18.2 Å². The summed E-state index contributed by atoms with van der Waals surface area (Å²) in [5.74, 6) is -1.18. The number of benzene rings is 1. The highest BCUT2D eigenvalue weighted by molar-refractivity contribution is 7.89.